The van der Waals surface area contributed by atoms with Crippen LogP contribution < -0.4 is 5.32 Å². The third-order valence-electron chi connectivity index (χ3n) is 5.57. The van der Waals surface area contributed by atoms with E-state index in [2.05, 4.69) is 26.8 Å². The Labute approximate surface area is 187 Å². The third-order valence-corrected chi connectivity index (χ3v) is 6.51. The van der Waals surface area contributed by atoms with Gasteiger partial charge in [0.2, 0.25) is 0 Å². The number of hydrogen-bond acceptors (Lipinski definition) is 3. The van der Waals surface area contributed by atoms with Crippen molar-refractivity contribution in [2.45, 2.75) is 18.4 Å². The van der Waals surface area contributed by atoms with E-state index in [1.54, 1.807) is 6.26 Å². The lowest BCUT2D eigenvalue weighted by Crippen LogP contribution is -2.11. The molecule has 7 heteroatoms. The first kappa shape index (κ1) is 20.2. The van der Waals surface area contributed by atoms with Gasteiger partial charge in [0.25, 0.3) is 5.91 Å². The third kappa shape index (κ3) is 3.71. The monoisotopic (exact) mass is 442 g/mol. The highest BCUT2D eigenvalue weighted by molar-refractivity contribution is 7.84. The Hall–Kier alpha value is -3.71. The number of hydrogen-bond donors (Lipinski definition) is 2. The zero-order valence-corrected chi connectivity index (χ0v) is 18.6. The number of imidazole rings is 1. The van der Waals surface area contributed by atoms with Crippen LogP contribution in [0.1, 0.15) is 17.3 Å². The Morgan fingerprint density at radius 2 is 1.88 bits per heavy atom. The highest BCUT2D eigenvalue weighted by Gasteiger charge is 2.11. The molecule has 5 aromatic rings. The molecule has 1 amide bonds. The van der Waals surface area contributed by atoms with Gasteiger partial charge in [0.05, 0.1) is 11.0 Å². The van der Waals surface area contributed by atoms with Crippen molar-refractivity contribution in [1.82, 2.24) is 14.5 Å². The number of nitrogens with one attached hydrogen (secondary N) is 2. The number of fused-ring (bicyclic) bond motifs is 2. The molecule has 0 radical (unpaired) electrons. The minimum atomic E-state index is -1.01. The fourth-order valence-electron chi connectivity index (χ4n) is 3.85. The second kappa shape index (κ2) is 8.09. The second-order valence-electron chi connectivity index (χ2n) is 7.63. The Bertz CT molecular complexity index is 1480. The van der Waals surface area contributed by atoms with Crippen molar-refractivity contribution in [3.63, 3.8) is 0 Å². The second-order valence-corrected chi connectivity index (χ2v) is 9.00. The van der Waals surface area contributed by atoms with E-state index < -0.39 is 10.8 Å². The van der Waals surface area contributed by atoms with Crippen LogP contribution in [0.5, 0.6) is 0 Å². The van der Waals surface area contributed by atoms with E-state index in [1.807, 2.05) is 72.9 Å². The Morgan fingerprint density at radius 1 is 1.06 bits per heavy atom. The zero-order chi connectivity index (χ0) is 22.2. The van der Waals surface area contributed by atoms with E-state index >= 15 is 0 Å². The van der Waals surface area contributed by atoms with Gasteiger partial charge in [-0.2, -0.15) is 0 Å². The molecule has 1 unspecified atom stereocenters. The predicted octanol–water partition coefficient (Wildman–Crippen LogP) is 5.19. The molecule has 32 heavy (non-hydrogen) atoms. The van der Waals surface area contributed by atoms with Gasteiger partial charge in [0, 0.05) is 62.4 Å². The fourth-order valence-corrected chi connectivity index (χ4v) is 4.37. The molecular formula is C25H22N4O2S. The van der Waals surface area contributed by atoms with Gasteiger partial charge in [-0.25, -0.2) is 4.98 Å². The summed E-state index contributed by atoms with van der Waals surface area (Å²) in [5.74, 6) is 0.571. The molecule has 1 atom stereocenters. The summed E-state index contributed by atoms with van der Waals surface area (Å²) >= 11 is 0. The molecule has 0 fully saturated rings. The molecule has 3 aromatic carbocycles. The predicted molar refractivity (Wildman–Crippen MR) is 129 cm³/mol. The summed E-state index contributed by atoms with van der Waals surface area (Å²) in [6.45, 7) is 2.99. The van der Waals surface area contributed by atoms with E-state index in [1.165, 1.54) is 0 Å². The first-order valence-corrected chi connectivity index (χ1v) is 11.9. The van der Waals surface area contributed by atoms with Crippen LogP contribution >= 0.6 is 0 Å². The molecule has 0 aliphatic carbocycles. The quantitative estimate of drug-likeness (QED) is 0.393. The van der Waals surface area contributed by atoms with Crippen LogP contribution in [0.15, 0.2) is 77.8 Å². The highest BCUT2D eigenvalue weighted by Crippen LogP contribution is 2.24. The standard InChI is InChI=1S/C25H22N4O2S/c1-3-29-13-12-17-14-18(6-11-23(17)29)25(30)26-19-7-10-21-22(15-19)28-24(27-21)16-4-8-20(9-5-16)32(2)31/h4-15H,3H2,1-2H3,(H,26,30)(H,27,28). The minimum absolute atomic E-state index is 0.154. The molecule has 0 aliphatic heterocycles. The smallest absolute Gasteiger partial charge is 0.255 e. The van der Waals surface area contributed by atoms with Gasteiger partial charge in [-0.1, -0.05) is 12.1 Å². The summed E-state index contributed by atoms with van der Waals surface area (Å²) in [4.78, 5) is 21.5. The first-order valence-electron chi connectivity index (χ1n) is 10.4. The number of aromatic nitrogens is 3. The maximum atomic E-state index is 12.8. The van der Waals surface area contributed by atoms with Crippen LogP contribution in [0.2, 0.25) is 0 Å². The number of aromatic amines is 1. The Morgan fingerprint density at radius 3 is 2.62 bits per heavy atom. The number of H-pyrrole nitrogens is 1. The topological polar surface area (TPSA) is 79.8 Å². The van der Waals surface area contributed by atoms with E-state index in [9.17, 15) is 9.00 Å². The van der Waals surface area contributed by atoms with Crippen LogP contribution in [0.4, 0.5) is 5.69 Å². The highest BCUT2D eigenvalue weighted by atomic mass is 32.2. The van der Waals surface area contributed by atoms with Crippen LogP contribution in [-0.2, 0) is 17.3 Å². The summed E-state index contributed by atoms with van der Waals surface area (Å²) < 4.78 is 13.7. The average molecular weight is 443 g/mol. The summed E-state index contributed by atoms with van der Waals surface area (Å²) in [5.41, 5.74) is 4.98. The molecule has 0 saturated heterocycles. The number of nitrogens with zero attached hydrogens (tertiary/aromatic N) is 2. The number of aryl methyl sites for hydroxylation is 1. The van der Waals surface area contributed by atoms with Gasteiger partial charge in [-0.15, -0.1) is 0 Å². The van der Waals surface area contributed by atoms with Crippen LogP contribution in [0.3, 0.4) is 0 Å². The average Bonchev–Trinajstić information content (AvgIpc) is 3.42. The molecule has 6 nitrogen and oxygen atoms in total. The van der Waals surface area contributed by atoms with Crippen molar-refractivity contribution >= 4 is 44.3 Å². The first-order chi connectivity index (χ1) is 15.5. The van der Waals surface area contributed by atoms with Crippen molar-refractivity contribution in [3.05, 3.63) is 78.5 Å². The maximum absolute atomic E-state index is 12.8. The molecular weight excluding hydrogens is 420 g/mol. The normalized spacial score (nSPS) is 12.3. The molecule has 2 aromatic heterocycles. The zero-order valence-electron chi connectivity index (χ0n) is 17.8. The lowest BCUT2D eigenvalue weighted by Gasteiger charge is -2.06. The molecule has 2 heterocycles. The van der Waals surface area contributed by atoms with Crippen LogP contribution in [0, 0.1) is 0 Å². The molecule has 0 aliphatic rings. The number of benzene rings is 3. The van der Waals surface area contributed by atoms with Crippen LogP contribution in [0.25, 0.3) is 33.3 Å². The SMILES string of the molecule is CCn1ccc2cc(C(=O)Nc3ccc4nc(-c5ccc(S(C)=O)cc5)[nH]c4c3)ccc21. The number of rotatable bonds is 5. The van der Waals surface area contributed by atoms with Crippen molar-refractivity contribution in [2.24, 2.45) is 0 Å². The van der Waals surface area contributed by atoms with Crippen LogP contribution in [-0.4, -0.2) is 30.9 Å². The van der Waals surface area contributed by atoms with Gasteiger partial charge in [-0.3, -0.25) is 9.00 Å². The molecule has 160 valence electrons. The molecule has 5 rings (SSSR count). The minimum Gasteiger partial charge on any atom is -0.348 e. The van der Waals surface area contributed by atoms with Gasteiger partial charge in [-0.05, 0) is 61.5 Å². The lowest BCUT2D eigenvalue weighted by molar-refractivity contribution is 0.102. The van der Waals surface area contributed by atoms with E-state index in [4.69, 9.17) is 0 Å². The molecule has 0 saturated carbocycles. The Balaban J connectivity index is 1.39. The largest absolute Gasteiger partial charge is 0.348 e. The van der Waals surface area contributed by atoms with Crippen molar-refractivity contribution in [2.75, 3.05) is 11.6 Å². The van der Waals surface area contributed by atoms with Crippen molar-refractivity contribution < 1.29 is 9.00 Å². The van der Waals surface area contributed by atoms with Gasteiger partial charge in [0.15, 0.2) is 0 Å². The maximum Gasteiger partial charge on any atom is 0.255 e. The van der Waals surface area contributed by atoms with E-state index in [0.717, 1.165) is 44.8 Å². The molecule has 0 bridgehead atoms. The fraction of sp³-hybridized carbons (Fsp3) is 0.120. The number of carbonyl (C=O) groups excluding carboxylic acids is 1. The van der Waals surface area contributed by atoms with Gasteiger partial charge in [0.1, 0.15) is 5.82 Å². The van der Waals surface area contributed by atoms with Crippen molar-refractivity contribution in [1.29, 1.82) is 0 Å². The van der Waals surface area contributed by atoms with E-state index in [-0.39, 0.29) is 5.91 Å². The van der Waals surface area contributed by atoms with Crippen molar-refractivity contribution in [3.8, 4) is 11.4 Å². The Kier molecular flexibility index (Phi) is 5.11. The number of anilines is 1. The summed E-state index contributed by atoms with van der Waals surface area (Å²) in [7, 11) is -1.01. The molecule has 0 spiro atoms. The molecule has 2 N–H and O–H groups in total. The summed E-state index contributed by atoms with van der Waals surface area (Å²) in [6, 6.07) is 20.9. The number of amides is 1. The van der Waals surface area contributed by atoms with Gasteiger partial charge < -0.3 is 14.9 Å². The number of carbonyl (C=O) groups is 1. The van der Waals surface area contributed by atoms with Gasteiger partial charge >= 0.3 is 0 Å². The van der Waals surface area contributed by atoms with E-state index in [0.29, 0.717) is 11.3 Å². The summed E-state index contributed by atoms with van der Waals surface area (Å²) in [5, 5.41) is 4.02. The lowest BCUT2D eigenvalue weighted by atomic mass is 10.1. The summed E-state index contributed by atoms with van der Waals surface area (Å²) in [6.07, 6.45) is 3.69.